The predicted molar refractivity (Wildman–Crippen MR) is 108 cm³/mol. The summed E-state index contributed by atoms with van der Waals surface area (Å²) in [6.45, 7) is 1.83. The van der Waals surface area contributed by atoms with Crippen LogP contribution in [0.15, 0.2) is 65.6 Å². The molecule has 0 aliphatic heterocycles. The first-order chi connectivity index (χ1) is 13.3. The van der Waals surface area contributed by atoms with Crippen LogP contribution in [0.4, 0.5) is 15.9 Å². The molecule has 8 heteroatoms. The van der Waals surface area contributed by atoms with Crippen LogP contribution in [0.1, 0.15) is 5.56 Å². The number of nitrogens with one attached hydrogen (secondary N) is 2. The van der Waals surface area contributed by atoms with Gasteiger partial charge in [-0.1, -0.05) is 30.3 Å². The molecule has 4 N–H and O–H groups in total. The third kappa shape index (κ3) is 3.18. The van der Waals surface area contributed by atoms with Crippen LogP contribution in [0.5, 0.6) is 0 Å². The molecule has 0 fully saturated rings. The van der Waals surface area contributed by atoms with Gasteiger partial charge in [-0.25, -0.2) is 12.8 Å². The van der Waals surface area contributed by atoms with Crippen molar-refractivity contribution >= 4 is 32.4 Å². The van der Waals surface area contributed by atoms with E-state index in [1.807, 2.05) is 13.0 Å². The third-order valence-electron chi connectivity index (χ3n) is 4.45. The zero-order valence-electron chi connectivity index (χ0n) is 14.9. The van der Waals surface area contributed by atoms with Crippen molar-refractivity contribution in [2.75, 3.05) is 10.5 Å². The van der Waals surface area contributed by atoms with Crippen molar-refractivity contribution in [2.45, 2.75) is 11.8 Å². The summed E-state index contributed by atoms with van der Waals surface area (Å²) in [6, 6.07) is 16.4. The molecule has 6 nitrogen and oxygen atoms in total. The molecule has 28 heavy (non-hydrogen) atoms. The highest BCUT2D eigenvalue weighted by Crippen LogP contribution is 2.31. The number of H-pyrrole nitrogens is 1. The molecule has 0 radical (unpaired) electrons. The summed E-state index contributed by atoms with van der Waals surface area (Å²) in [6.07, 6.45) is 0. The maximum atomic E-state index is 14.8. The number of nitrogens with two attached hydrogens (primary N) is 1. The van der Waals surface area contributed by atoms with Crippen LogP contribution in [-0.2, 0) is 10.0 Å². The summed E-state index contributed by atoms with van der Waals surface area (Å²) in [5.74, 6) is -0.226. The van der Waals surface area contributed by atoms with Crippen molar-refractivity contribution in [1.82, 2.24) is 10.2 Å². The van der Waals surface area contributed by atoms with Gasteiger partial charge in [-0.3, -0.25) is 9.82 Å². The van der Waals surface area contributed by atoms with Gasteiger partial charge >= 0.3 is 0 Å². The zero-order valence-corrected chi connectivity index (χ0v) is 15.7. The van der Waals surface area contributed by atoms with E-state index in [9.17, 15) is 12.8 Å². The molecule has 3 aromatic carbocycles. The van der Waals surface area contributed by atoms with Crippen LogP contribution in [0.25, 0.3) is 22.0 Å². The molecule has 0 bridgehead atoms. The molecule has 0 saturated carbocycles. The van der Waals surface area contributed by atoms with E-state index in [1.165, 1.54) is 6.07 Å². The number of aromatic amines is 1. The molecule has 0 aliphatic carbocycles. The molecule has 142 valence electrons. The van der Waals surface area contributed by atoms with Gasteiger partial charge in [0.1, 0.15) is 5.52 Å². The second-order valence-electron chi connectivity index (χ2n) is 6.46. The summed E-state index contributed by atoms with van der Waals surface area (Å²) in [7, 11) is -3.70. The number of sulfonamides is 1. The average Bonchev–Trinajstić information content (AvgIpc) is 3.05. The van der Waals surface area contributed by atoms with Gasteiger partial charge in [0, 0.05) is 16.6 Å². The number of anilines is 2. The minimum Gasteiger partial charge on any atom is -0.382 e. The lowest BCUT2D eigenvalue weighted by atomic mass is 10.0. The lowest BCUT2D eigenvalue weighted by molar-refractivity contribution is 0.601. The van der Waals surface area contributed by atoms with Crippen LogP contribution in [0, 0.1) is 12.7 Å². The van der Waals surface area contributed by atoms with Gasteiger partial charge in [0.2, 0.25) is 0 Å². The van der Waals surface area contributed by atoms with Gasteiger partial charge in [0.05, 0.1) is 4.90 Å². The van der Waals surface area contributed by atoms with Crippen molar-refractivity contribution in [1.29, 1.82) is 0 Å². The Bertz CT molecular complexity index is 1280. The predicted octanol–water partition coefficient (Wildman–Crippen LogP) is 4.06. The van der Waals surface area contributed by atoms with E-state index in [0.717, 1.165) is 5.56 Å². The number of hydrogen-bond acceptors (Lipinski definition) is 4. The number of fused-ring (bicyclic) bond motifs is 1. The Balaban J connectivity index is 1.63. The van der Waals surface area contributed by atoms with Crippen molar-refractivity contribution in [3.05, 3.63) is 72.0 Å². The topological polar surface area (TPSA) is 101 Å². The minimum absolute atomic E-state index is 0.185. The number of aromatic nitrogens is 2. The molecule has 0 spiro atoms. The Kier molecular flexibility index (Phi) is 4.27. The Morgan fingerprint density at radius 2 is 1.82 bits per heavy atom. The van der Waals surface area contributed by atoms with Crippen molar-refractivity contribution in [3.8, 4) is 11.1 Å². The van der Waals surface area contributed by atoms with E-state index in [0.29, 0.717) is 22.2 Å². The van der Waals surface area contributed by atoms with Gasteiger partial charge in [0.15, 0.2) is 11.6 Å². The van der Waals surface area contributed by atoms with E-state index < -0.39 is 15.8 Å². The van der Waals surface area contributed by atoms with Crippen molar-refractivity contribution in [3.63, 3.8) is 0 Å². The van der Waals surface area contributed by atoms with Crippen LogP contribution in [0.2, 0.25) is 0 Å². The number of rotatable bonds is 4. The van der Waals surface area contributed by atoms with Crippen LogP contribution >= 0.6 is 0 Å². The largest absolute Gasteiger partial charge is 0.382 e. The molecule has 4 rings (SSSR count). The Morgan fingerprint density at radius 3 is 2.54 bits per heavy atom. The molecule has 0 saturated heterocycles. The molecular weight excluding hydrogens is 379 g/mol. The van der Waals surface area contributed by atoms with Crippen LogP contribution in [-0.4, -0.2) is 18.6 Å². The number of nitrogens with zero attached hydrogens (tertiary/aromatic N) is 1. The summed E-state index contributed by atoms with van der Waals surface area (Å²) in [4.78, 5) is 0.185. The molecule has 0 amide bonds. The van der Waals surface area contributed by atoms with E-state index >= 15 is 0 Å². The first kappa shape index (κ1) is 18.0. The second-order valence-corrected chi connectivity index (χ2v) is 8.14. The fourth-order valence-corrected chi connectivity index (χ4v) is 4.18. The number of aryl methyl sites for hydroxylation is 1. The molecule has 1 aromatic heterocycles. The van der Waals surface area contributed by atoms with Crippen LogP contribution in [0.3, 0.4) is 0 Å². The third-order valence-corrected chi connectivity index (χ3v) is 5.83. The fourth-order valence-electron chi connectivity index (χ4n) is 3.01. The number of hydrogen-bond donors (Lipinski definition) is 3. The molecule has 0 atom stereocenters. The average molecular weight is 396 g/mol. The van der Waals surface area contributed by atoms with Crippen molar-refractivity contribution in [2.24, 2.45) is 0 Å². The molecule has 4 aromatic rings. The zero-order chi connectivity index (χ0) is 19.9. The number of nitrogen functional groups attached to an aromatic ring is 1. The summed E-state index contributed by atoms with van der Waals surface area (Å²) >= 11 is 0. The molecule has 0 unspecified atom stereocenters. The standard InChI is InChI=1S/C20H17FN4O2S/c1-12-3-2-4-15(11-12)28(26,27)25-14-7-5-13(6-8-14)16-9-10-17-19(18(16)21)23-24-20(17)22/h2-11,25H,1H3,(H3,22,23,24). The van der Waals surface area contributed by atoms with E-state index in [1.54, 1.807) is 48.5 Å². The number of halogens is 1. The van der Waals surface area contributed by atoms with E-state index in [2.05, 4.69) is 14.9 Å². The minimum atomic E-state index is -3.70. The quantitative estimate of drug-likeness (QED) is 0.484. The normalized spacial score (nSPS) is 11.6. The summed E-state index contributed by atoms with van der Waals surface area (Å²) < 4.78 is 42.3. The Morgan fingerprint density at radius 1 is 1.07 bits per heavy atom. The van der Waals surface area contributed by atoms with Gasteiger partial charge < -0.3 is 5.73 Å². The van der Waals surface area contributed by atoms with Gasteiger partial charge in [0.25, 0.3) is 10.0 Å². The lowest BCUT2D eigenvalue weighted by Gasteiger charge is -2.10. The maximum absolute atomic E-state index is 14.8. The first-order valence-electron chi connectivity index (χ1n) is 8.47. The van der Waals surface area contributed by atoms with Gasteiger partial charge in [-0.2, -0.15) is 5.10 Å². The van der Waals surface area contributed by atoms with Crippen molar-refractivity contribution < 1.29 is 12.8 Å². The highest BCUT2D eigenvalue weighted by atomic mass is 32.2. The second kappa shape index (κ2) is 6.65. The SMILES string of the molecule is Cc1cccc(S(=O)(=O)Nc2ccc(-c3ccc4c(N)n[nH]c4c3F)cc2)c1. The van der Waals surface area contributed by atoms with Crippen LogP contribution < -0.4 is 10.5 Å². The Hall–Kier alpha value is -3.39. The lowest BCUT2D eigenvalue weighted by Crippen LogP contribution is -2.12. The highest BCUT2D eigenvalue weighted by molar-refractivity contribution is 7.92. The van der Waals surface area contributed by atoms with E-state index in [4.69, 9.17) is 5.73 Å². The fraction of sp³-hybridized carbons (Fsp3) is 0.0500. The monoisotopic (exact) mass is 396 g/mol. The number of benzene rings is 3. The first-order valence-corrected chi connectivity index (χ1v) is 9.95. The smallest absolute Gasteiger partial charge is 0.261 e. The molecule has 0 aliphatic rings. The summed E-state index contributed by atoms with van der Waals surface area (Å²) in [5, 5.41) is 6.92. The Labute approximate surface area is 161 Å². The van der Waals surface area contributed by atoms with E-state index in [-0.39, 0.29) is 16.2 Å². The summed E-state index contributed by atoms with van der Waals surface area (Å²) in [5.41, 5.74) is 8.14. The van der Waals surface area contributed by atoms with Gasteiger partial charge in [-0.15, -0.1) is 0 Å². The maximum Gasteiger partial charge on any atom is 0.261 e. The highest BCUT2D eigenvalue weighted by Gasteiger charge is 2.16. The molecule has 1 heterocycles. The van der Waals surface area contributed by atoms with Gasteiger partial charge in [-0.05, 0) is 48.4 Å². The molecular formula is C20H17FN4O2S.